The van der Waals surface area contributed by atoms with Gasteiger partial charge in [-0.3, -0.25) is 0 Å². The molecule has 34 heavy (non-hydrogen) atoms. The quantitative estimate of drug-likeness (QED) is 0.0825. The average molecular weight is 452 g/mol. The van der Waals surface area contributed by atoms with Gasteiger partial charge in [0.25, 0.3) is 0 Å². The Morgan fingerprint density at radius 1 is 0.824 bits per heavy atom. The highest BCUT2D eigenvalue weighted by Crippen LogP contribution is 2.36. The predicted octanol–water partition coefficient (Wildman–Crippen LogP) is 8.30. The molecule has 0 atom stereocenters. The fraction of sp³-hybridized carbons (Fsp3) is 0.240. The highest BCUT2D eigenvalue weighted by molar-refractivity contribution is 6.09. The summed E-state index contributed by atoms with van der Waals surface area (Å²) in [6, 6.07) is 19.1. The third-order valence-electron chi connectivity index (χ3n) is 5.57. The van der Waals surface area contributed by atoms with Crippen molar-refractivity contribution in [3.63, 3.8) is 0 Å². The first kappa shape index (κ1) is 22.9. The van der Waals surface area contributed by atoms with Gasteiger partial charge in [0.15, 0.2) is 0 Å². The summed E-state index contributed by atoms with van der Waals surface area (Å²) in [5.74, 6) is 0. The second-order valence-electron chi connectivity index (χ2n) is 7.97. The van der Waals surface area contributed by atoms with E-state index in [9.17, 15) is 0 Å². The van der Waals surface area contributed by atoms with Crippen molar-refractivity contribution in [3.8, 4) is 0 Å². The van der Waals surface area contributed by atoms with E-state index in [1.165, 1.54) is 24.8 Å². The number of nitrogens with one attached hydrogen (secondary N) is 2. The summed E-state index contributed by atoms with van der Waals surface area (Å²) in [5.41, 5.74) is 23.0. The van der Waals surface area contributed by atoms with Crippen LogP contribution in [-0.2, 0) is 6.54 Å². The number of nitrogens with zero attached hydrogens (tertiary/aromatic N) is 7. The van der Waals surface area contributed by atoms with Gasteiger partial charge in [0, 0.05) is 44.2 Å². The van der Waals surface area contributed by atoms with Gasteiger partial charge in [-0.25, -0.2) is 4.98 Å². The number of hydrogen-bond donors (Lipinski definition) is 2. The molecule has 4 rings (SSSR count). The zero-order chi connectivity index (χ0) is 23.8. The number of benzene rings is 3. The molecule has 9 nitrogen and oxygen atoms in total. The lowest BCUT2D eigenvalue weighted by molar-refractivity contribution is 0.617. The summed E-state index contributed by atoms with van der Waals surface area (Å²) >= 11 is 0. The van der Waals surface area contributed by atoms with Crippen LogP contribution in [0.3, 0.4) is 0 Å². The molecular formula is C25H25N9. The summed E-state index contributed by atoms with van der Waals surface area (Å²) in [5, 5.41) is 16.2. The van der Waals surface area contributed by atoms with Gasteiger partial charge in [-0.2, -0.15) is 0 Å². The lowest BCUT2D eigenvalue weighted by atomic mass is 10.1. The summed E-state index contributed by atoms with van der Waals surface area (Å²) in [7, 11) is 0. The molecule has 170 valence electrons. The number of aromatic nitrogens is 1. The van der Waals surface area contributed by atoms with E-state index in [1.54, 1.807) is 24.3 Å². The number of hydrogen-bond acceptors (Lipinski definition) is 5. The summed E-state index contributed by atoms with van der Waals surface area (Å²) in [6.45, 7) is 4.08. The van der Waals surface area contributed by atoms with Gasteiger partial charge in [0.1, 0.15) is 0 Å². The van der Waals surface area contributed by atoms with Crippen molar-refractivity contribution in [2.75, 3.05) is 11.9 Å². The molecule has 9 heteroatoms. The molecule has 0 bridgehead atoms. The lowest BCUT2D eigenvalue weighted by Gasteiger charge is -2.14. The summed E-state index contributed by atoms with van der Waals surface area (Å²) < 4.78 is 0. The standard InChI is InChI=1S/C25H25N9/c1-2-3-4-13-28-16-17-5-7-18(8-6-17)29-25-21-11-9-19(31-33-26)14-23(21)30-24-15-20(32-34-27)10-12-22(24)25/h5-12,14-15,28H,2-4,13,16H2,1H3,(H,29,30). The zero-order valence-electron chi connectivity index (χ0n) is 18.9. The van der Waals surface area contributed by atoms with Gasteiger partial charge < -0.3 is 10.6 Å². The Labute approximate surface area is 197 Å². The molecule has 0 fully saturated rings. The van der Waals surface area contributed by atoms with Crippen LogP contribution in [0.25, 0.3) is 42.7 Å². The number of fused-ring (bicyclic) bond motifs is 2. The van der Waals surface area contributed by atoms with Crippen LogP contribution in [0.15, 0.2) is 70.9 Å². The zero-order valence-corrected chi connectivity index (χ0v) is 18.9. The van der Waals surface area contributed by atoms with Gasteiger partial charge in [0.2, 0.25) is 0 Å². The van der Waals surface area contributed by atoms with Gasteiger partial charge in [-0.15, -0.1) is 0 Å². The molecule has 0 amide bonds. The largest absolute Gasteiger partial charge is 0.354 e. The van der Waals surface area contributed by atoms with E-state index in [0.717, 1.165) is 35.2 Å². The third kappa shape index (κ3) is 5.36. The predicted molar refractivity (Wildman–Crippen MR) is 138 cm³/mol. The van der Waals surface area contributed by atoms with Gasteiger partial charge in [-0.1, -0.05) is 66.4 Å². The molecule has 4 aromatic rings. The number of rotatable bonds is 10. The third-order valence-corrected chi connectivity index (χ3v) is 5.57. The molecule has 3 aromatic carbocycles. The molecular weight excluding hydrogens is 426 g/mol. The number of pyridine rings is 1. The van der Waals surface area contributed by atoms with Crippen molar-refractivity contribution in [1.82, 2.24) is 10.3 Å². The summed E-state index contributed by atoms with van der Waals surface area (Å²) in [6.07, 6.45) is 3.67. The van der Waals surface area contributed by atoms with E-state index in [2.05, 4.69) is 61.9 Å². The molecule has 0 aliphatic heterocycles. The first-order chi connectivity index (χ1) is 16.7. The maximum Gasteiger partial charge on any atom is 0.0735 e. The van der Waals surface area contributed by atoms with E-state index in [4.69, 9.17) is 16.0 Å². The van der Waals surface area contributed by atoms with E-state index in [1.807, 2.05) is 12.1 Å². The first-order valence-electron chi connectivity index (χ1n) is 11.3. The summed E-state index contributed by atoms with van der Waals surface area (Å²) in [4.78, 5) is 10.5. The molecule has 2 N–H and O–H groups in total. The van der Waals surface area contributed by atoms with Crippen LogP contribution < -0.4 is 10.6 Å². The SMILES string of the molecule is CCCCCNCc1ccc(Nc2c3ccc(N=[N+]=[N-])cc3nc3cc(N=[N+]=[N-])ccc23)cc1. The molecule has 1 heterocycles. The fourth-order valence-corrected chi connectivity index (χ4v) is 3.87. The van der Waals surface area contributed by atoms with Gasteiger partial charge in [0.05, 0.1) is 16.7 Å². The minimum atomic E-state index is 0.481. The monoisotopic (exact) mass is 451 g/mol. The van der Waals surface area contributed by atoms with Gasteiger partial charge in [-0.05, 0) is 53.9 Å². The number of anilines is 2. The van der Waals surface area contributed by atoms with Crippen LogP contribution in [0.2, 0.25) is 0 Å². The highest BCUT2D eigenvalue weighted by Gasteiger charge is 2.11. The Hall–Kier alpha value is -4.29. The van der Waals surface area contributed by atoms with Crippen LogP contribution in [0.5, 0.6) is 0 Å². The van der Waals surface area contributed by atoms with E-state index >= 15 is 0 Å². The van der Waals surface area contributed by atoms with Crippen molar-refractivity contribution < 1.29 is 0 Å². The second-order valence-corrected chi connectivity index (χ2v) is 7.97. The highest BCUT2D eigenvalue weighted by atomic mass is 15.1. The van der Waals surface area contributed by atoms with Gasteiger partial charge >= 0.3 is 0 Å². The number of unbranched alkanes of at least 4 members (excludes halogenated alkanes) is 2. The van der Waals surface area contributed by atoms with Crippen LogP contribution in [0.4, 0.5) is 22.7 Å². The van der Waals surface area contributed by atoms with Crippen molar-refractivity contribution >= 4 is 44.6 Å². The van der Waals surface area contributed by atoms with Crippen LogP contribution >= 0.6 is 0 Å². The first-order valence-corrected chi connectivity index (χ1v) is 11.3. The van der Waals surface area contributed by atoms with Crippen LogP contribution in [0.1, 0.15) is 31.7 Å². The Balaban J connectivity index is 1.68. The van der Waals surface area contributed by atoms with Crippen molar-refractivity contribution in [2.45, 2.75) is 32.7 Å². The molecule has 0 unspecified atom stereocenters. The maximum absolute atomic E-state index is 8.80. The van der Waals surface area contributed by atoms with Crippen LogP contribution in [-0.4, -0.2) is 11.5 Å². The molecule has 0 saturated heterocycles. The molecule has 0 aliphatic rings. The minimum absolute atomic E-state index is 0.481. The fourth-order valence-electron chi connectivity index (χ4n) is 3.87. The molecule has 0 radical (unpaired) electrons. The van der Waals surface area contributed by atoms with Crippen molar-refractivity contribution in [2.24, 2.45) is 10.2 Å². The van der Waals surface area contributed by atoms with E-state index in [-0.39, 0.29) is 0 Å². The smallest absolute Gasteiger partial charge is 0.0735 e. The van der Waals surface area contributed by atoms with E-state index in [0.29, 0.717) is 22.4 Å². The molecule has 0 aliphatic carbocycles. The molecule has 0 saturated carbocycles. The van der Waals surface area contributed by atoms with Crippen molar-refractivity contribution in [1.29, 1.82) is 0 Å². The second kappa shape index (κ2) is 11.0. The Morgan fingerprint density at radius 3 is 2.00 bits per heavy atom. The lowest BCUT2D eigenvalue weighted by Crippen LogP contribution is -2.14. The van der Waals surface area contributed by atoms with Crippen LogP contribution in [0, 0.1) is 0 Å². The Bertz CT molecular complexity index is 1320. The Kier molecular flexibility index (Phi) is 7.42. The molecule has 0 spiro atoms. The Morgan fingerprint density at radius 2 is 1.44 bits per heavy atom. The maximum atomic E-state index is 8.80. The van der Waals surface area contributed by atoms with E-state index < -0.39 is 0 Å². The van der Waals surface area contributed by atoms with Crippen molar-refractivity contribution in [3.05, 3.63) is 87.1 Å². The average Bonchev–Trinajstić information content (AvgIpc) is 2.85. The molecule has 1 aromatic heterocycles. The normalized spacial score (nSPS) is 10.6. The minimum Gasteiger partial charge on any atom is -0.354 e. The topological polar surface area (TPSA) is 134 Å². The number of azide groups is 2.